The number of ether oxygens (including phenoxy) is 1. The molecule has 0 fully saturated rings. The van der Waals surface area contributed by atoms with Gasteiger partial charge in [-0.05, 0) is 97.5 Å². The van der Waals surface area contributed by atoms with Gasteiger partial charge >= 0.3 is 0 Å². The minimum Gasteiger partial charge on any atom is -0.497 e. The summed E-state index contributed by atoms with van der Waals surface area (Å²) in [6, 6.07) is 21.1. The molecule has 3 rings (SSSR count). The lowest BCUT2D eigenvalue weighted by Crippen LogP contribution is -2.52. The molecule has 2 amide bonds. The number of carbonyl (C=O) groups is 2. The molecule has 0 saturated carbocycles. The van der Waals surface area contributed by atoms with Gasteiger partial charge in [-0.25, -0.2) is 8.42 Å². The smallest absolute Gasteiger partial charge is 0.264 e. The maximum Gasteiger partial charge on any atom is 0.264 e. The van der Waals surface area contributed by atoms with Crippen molar-refractivity contribution in [1.82, 2.24) is 10.2 Å². The van der Waals surface area contributed by atoms with Crippen LogP contribution in [-0.4, -0.2) is 50.9 Å². The molecule has 0 spiro atoms. The first-order valence-corrected chi connectivity index (χ1v) is 14.6. The van der Waals surface area contributed by atoms with Gasteiger partial charge in [0, 0.05) is 16.2 Å². The fourth-order valence-corrected chi connectivity index (χ4v) is 5.61. The highest BCUT2D eigenvalue weighted by molar-refractivity contribution is 14.1. The van der Waals surface area contributed by atoms with Crippen LogP contribution in [0.3, 0.4) is 0 Å². The summed E-state index contributed by atoms with van der Waals surface area (Å²) < 4.78 is 34.8. The second-order valence-corrected chi connectivity index (χ2v) is 12.1. The standard InChI is InChI=1S/C28H32IN3O5S/c1-20(2)30-28(34)21(3)31(18-22-9-8-10-25(17-22)37-4)27(33)19-32(24-15-13-23(29)14-16-24)38(35,36)26-11-6-5-7-12-26/h5-17,20-21H,18-19H2,1-4H3,(H,30,34)/t21-/m1/s1. The molecule has 0 unspecified atom stereocenters. The zero-order valence-corrected chi connectivity index (χ0v) is 24.8. The Labute approximate surface area is 238 Å². The summed E-state index contributed by atoms with van der Waals surface area (Å²) in [6.45, 7) is 4.92. The number of halogens is 1. The number of hydrogen-bond donors (Lipinski definition) is 1. The molecule has 0 saturated heterocycles. The van der Waals surface area contributed by atoms with Gasteiger partial charge in [-0.3, -0.25) is 13.9 Å². The average Bonchev–Trinajstić information content (AvgIpc) is 2.90. The Balaban J connectivity index is 2.02. The molecule has 0 heterocycles. The Kier molecular flexibility index (Phi) is 10.1. The van der Waals surface area contributed by atoms with Crippen molar-refractivity contribution in [3.8, 4) is 5.75 Å². The SMILES string of the molecule is COc1cccc(CN(C(=O)CN(c2ccc(I)cc2)S(=O)(=O)c2ccccc2)[C@H](C)C(=O)NC(C)C)c1. The van der Waals surface area contributed by atoms with Gasteiger partial charge in [-0.1, -0.05) is 30.3 Å². The number of nitrogens with one attached hydrogen (secondary N) is 1. The molecular formula is C28H32IN3O5S. The second kappa shape index (κ2) is 13.1. The first-order valence-electron chi connectivity index (χ1n) is 12.1. The first-order chi connectivity index (χ1) is 18.0. The van der Waals surface area contributed by atoms with Gasteiger partial charge in [0.1, 0.15) is 18.3 Å². The molecular weight excluding hydrogens is 617 g/mol. The van der Waals surface area contributed by atoms with Crippen LogP contribution < -0.4 is 14.4 Å². The number of rotatable bonds is 11. The van der Waals surface area contributed by atoms with E-state index in [1.807, 2.05) is 19.9 Å². The van der Waals surface area contributed by atoms with Crippen LogP contribution in [0.15, 0.2) is 83.8 Å². The fraction of sp³-hybridized carbons (Fsp3) is 0.286. The molecule has 0 aliphatic rings. The molecule has 38 heavy (non-hydrogen) atoms. The Morgan fingerprint density at radius 1 is 0.947 bits per heavy atom. The second-order valence-electron chi connectivity index (χ2n) is 9.01. The lowest BCUT2D eigenvalue weighted by Gasteiger charge is -2.32. The largest absolute Gasteiger partial charge is 0.497 e. The third kappa shape index (κ3) is 7.47. The molecule has 3 aromatic rings. The highest BCUT2D eigenvalue weighted by atomic mass is 127. The predicted molar refractivity (Wildman–Crippen MR) is 156 cm³/mol. The van der Waals surface area contributed by atoms with Crippen molar-refractivity contribution in [1.29, 1.82) is 0 Å². The van der Waals surface area contributed by atoms with Gasteiger partial charge in [0.25, 0.3) is 10.0 Å². The molecule has 8 nitrogen and oxygen atoms in total. The van der Waals surface area contributed by atoms with Crippen LogP contribution in [0.5, 0.6) is 5.75 Å². The maximum absolute atomic E-state index is 13.9. The molecule has 0 aromatic heterocycles. The number of nitrogens with zero attached hydrogens (tertiary/aromatic N) is 2. The zero-order chi connectivity index (χ0) is 27.9. The van der Waals surface area contributed by atoms with Crippen LogP contribution in [0.4, 0.5) is 5.69 Å². The number of amides is 2. The molecule has 0 aliphatic heterocycles. The number of methoxy groups -OCH3 is 1. The number of carbonyl (C=O) groups excluding carboxylic acids is 2. The monoisotopic (exact) mass is 649 g/mol. The fourth-order valence-electron chi connectivity index (χ4n) is 3.81. The molecule has 10 heteroatoms. The van der Waals surface area contributed by atoms with E-state index in [9.17, 15) is 18.0 Å². The van der Waals surface area contributed by atoms with Gasteiger partial charge in [0.15, 0.2) is 0 Å². The minimum absolute atomic E-state index is 0.0660. The van der Waals surface area contributed by atoms with Crippen LogP contribution in [0, 0.1) is 3.57 Å². The van der Waals surface area contributed by atoms with Crippen molar-refractivity contribution in [2.24, 2.45) is 0 Å². The third-order valence-corrected chi connectivity index (χ3v) is 8.32. The van der Waals surface area contributed by atoms with E-state index in [0.717, 1.165) is 13.4 Å². The van der Waals surface area contributed by atoms with Crippen molar-refractivity contribution in [3.63, 3.8) is 0 Å². The van der Waals surface area contributed by atoms with Gasteiger partial charge < -0.3 is 15.0 Å². The summed E-state index contributed by atoms with van der Waals surface area (Å²) in [4.78, 5) is 28.3. The highest BCUT2D eigenvalue weighted by Crippen LogP contribution is 2.25. The van der Waals surface area contributed by atoms with E-state index in [4.69, 9.17) is 4.74 Å². The summed E-state index contributed by atoms with van der Waals surface area (Å²) in [5, 5.41) is 2.84. The van der Waals surface area contributed by atoms with Crippen LogP contribution in [0.25, 0.3) is 0 Å². The topological polar surface area (TPSA) is 96.0 Å². The van der Waals surface area contributed by atoms with Gasteiger partial charge in [-0.2, -0.15) is 0 Å². The quantitative estimate of drug-likeness (QED) is 0.310. The van der Waals surface area contributed by atoms with Crippen molar-refractivity contribution >= 4 is 50.1 Å². The normalized spacial score (nSPS) is 12.1. The molecule has 1 N–H and O–H groups in total. The zero-order valence-electron chi connectivity index (χ0n) is 21.8. The number of sulfonamides is 1. The van der Waals surface area contributed by atoms with Crippen molar-refractivity contribution in [2.45, 2.75) is 44.3 Å². The van der Waals surface area contributed by atoms with E-state index < -0.39 is 28.5 Å². The third-order valence-electron chi connectivity index (χ3n) is 5.81. The Bertz CT molecular complexity index is 1350. The van der Waals surface area contributed by atoms with Crippen LogP contribution in [-0.2, 0) is 26.2 Å². The van der Waals surface area contributed by atoms with Gasteiger partial charge in [0.2, 0.25) is 11.8 Å². The van der Waals surface area contributed by atoms with E-state index in [1.54, 1.807) is 74.7 Å². The van der Waals surface area contributed by atoms with E-state index in [2.05, 4.69) is 27.9 Å². The van der Waals surface area contributed by atoms with E-state index in [0.29, 0.717) is 11.4 Å². The molecule has 202 valence electrons. The van der Waals surface area contributed by atoms with E-state index in [-0.39, 0.29) is 23.4 Å². The summed E-state index contributed by atoms with van der Waals surface area (Å²) in [5.41, 5.74) is 1.09. The number of benzene rings is 3. The van der Waals surface area contributed by atoms with Gasteiger partial charge in [0.05, 0.1) is 17.7 Å². The Hall–Kier alpha value is -3.12. The van der Waals surface area contributed by atoms with Crippen LogP contribution >= 0.6 is 22.6 Å². The molecule has 0 radical (unpaired) electrons. The molecule has 1 atom stereocenters. The highest BCUT2D eigenvalue weighted by Gasteiger charge is 2.32. The molecule has 0 bridgehead atoms. The molecule has 0 aliphatic carbocycles. The van der Waals surface area contributed by atoms with E-state index >= 15 is 0 Å². The summed E-state index contributed by atoms with van der Waals surface area (Å²) in [7, 11) is -2.53. The van der Waals surface area contributed by atoms with Gasteiger partial charge in [-0.15, -0.1) is 0 Å². The number of anilines is 1. The van der Waals surface area contributed by atoms with E-state index in [1.165, 1.54) is 17.0 Å². The lowest BCUT2D eigenvalue weighted by atomic mass is 10.1. The first kappa shape index (κ1) is 29.4. The Morgan fingerprint density at radius 3 is 2.21 bits per heavy atom. The number of hydrogen-bond acceptors (Lipinski definition) is 5. The van der Waals surface area contributed by atoms with Crippen LogP contribution in [0.2, 0.25) is 0 Å². The predicted octanol–water partition coefficient (Wildman–Crippen LogP) is 4.44. The summed E-state index contributed by atoms with van der Waals surface area (Å²) in [5.74, 6) is -0.235. The summed E-state index contributed by atoms with van der Waals surface area (Å²) in [6.07, 6.45) is 0. The lowest BCUT2D eigenvalue weighted by molar-refractivity contribution is -0.139. The van der Waals surface area contributed by atoms with Crippen molar-refractivity contribution in [3.05, 3.63) is 88.0 Å². The van der Waals surface area contributed by atoms with Crippen molar-refractivity contribution < 1.29 is 22.7 Å². The minimum atomic E-state index is -4.08. The van der Waals surface area contributed by atoms with Crippen LogP contribution in [0.1, 0.15) is 26.3 Å². The average molecular weight is 650 g/mol. The maximum atomic E-state index is 13.9. The Morgan fingerprint density at radius 2 is 1.61 bits per heavy atom. The van der Waals surface area contributed by atoms with Crippen molar-refractivity contribution in [2.75, 3.05) is 18.0 Å². The molecule has 3 aromatic carbocycles. The summed E-state index contributed by atoms with van der Waals surface area (Å²) >= 11 is 2.13.